The second-order valence-electron chi connectivity index (χ2n) is 16.5. The number of rotatable bonds is 23. The van der Waals surface area contributed by atoms with Crippen LogP contribution in [0.2, 0.25) is 0 Å². The van der Waals surface area contributed by atoms with Gasteiger partial charge in [0.15, 0.2) is 12.6 Å². The second-order valence-corrected chi connectivity index (χ2v) is 16.5. The lowest BCUT2D eigenvalue weighted by molar-refractivity contribution is -0.373. The Bertz CT molecular complexity index is 2220. The molecule has 2 saturated heterocycles. The Balaban J connectivity index is 1.16. The summed E-state index contributed by atoms with van der Waals surface area (Å²) in [6, 6.07) is 59.6. The van der Waals surface area contributed by atoms with Gasteiger partial charge in [0.2, 0.25) is 0 Å². The highest BCUT2D eigenvalue weighted by Crippen LogP contribution is 2.36. The molecule has 0 aliphatic carbocycles. The molecule has 11 nitrogen and oxygen atoms in total. The van der Waals surface area contributed by atoms with Gasteiger partial charge in [-0.3, -0.25) is 0 Å². The molecule has 11 heteroatoms. The molecular formula is C55H60O11. The van der Waals surface area contributed by atoms with Crippen molar-refractivity contribution in [1.82, 2.24) is 0 Å². The van der Waals surface area contributed by atoms with E-state index in [9.17, 15) is 5.11 Å². The van der Waals surface area contributed by atoms with Crippen LogP contribution in [0.3, 0.4) is 0 Å². The van der Waals surface area contributed by atoms with Gasteiger partial charge >= 0.3 is 0 Å². The van der Waals surface area contributed by atoms with Crippen molar-refractivity contribution < 1.29 is 52.5 Å². The fourth-order valence-corrected chi connectivity index (χ4v) is 8.22. The van der Waals surface area contributed by atoms with E-state index >= 15 is 0 Å². The number of hydrogen-bond donors (Lipinski definition) is 1. The average molecular weight is 897 g/mol. The first-order chi connectivity index (χ1) is 32.6. The zero-order valence-corrected chi connectivity index (χ0v) is 37.3. The molecule has 6 aromatic carbocycles. The van der Waals surface area contributed by atoms with Crippen molar-refractivity contribution in [2.24, 2.45) is 0 Å². The molecular weight excluding hydrogens is 837 g/mol. The van der Waals surface area contributed by atoms with Crippen LogP contribution >= 0.6 is 0 Å². The Kier molecular flexibility index (Phi) is 18.0. The van der Waals surface area contributed by atoms with Crippen LogP contribution in [0.4, 0.5) is 0 Å². The molecule has 0 amide bonds. The first-order valence-corrected chi connectivity index (χ1v) is 22.6. The molecule has 0 saturated carbocycles. The highest BCUT2D eigenvalue weighted by atomic mass is 16.8. The molecule has 346 valence electrons. The number of methoxy groups -OCH3 is 1. The third kappa shape index (κ3) is 13.5. The third-order valence-electron chi connectivity index (χ3n) is 11.7. The van der Waals surface area contributed by atoms with Gasteiger partial charge in [-0.05, 0) is 33.4 Å². The summed E-state index contributed by atoms with van der Waals surface area (Å²) in [5, 5.41) is 12.0. The van der Waals surface area contributed by atoms with Crippen LogP contribution in [0.5, 0.6) is 0 Å². The number of hydrogen-bond acceptors (Lipinski definition) is 11. The molecule has 2 fully saturated rings. The Labute approximate surface area is 388 Å². The lowest BCUT2D eigenvalue weighted by Gasteiger charge is -2.49. The van der Waals surface area contributed by atoms with E-state index in [1.54, 1.807) is 0 Å². The standard InChI is InChI=1S/C55H60O11/c1-57-54-48(56)51(61-35-43-26-14-5-15-27-43)50(47(64-54)39-59-33-41-22-10-3-11-23-41)66-55-53(63-37-45-30-18-7-19-31-45)52(62-36-44-28-16-6-17-29-44)49(60-34-42-24-12-4-13-25-42)46(65-55)38-58-32-40-20-8-2-9-21-40/h2-31,46-56H,32-39H2,1H3/t46-,47-,48-,49+,50-,51-,52+,53-,54-,55+/m1/s1. The maximum absolute atomic E-state index is 12.0. The lowest BCUT2D eigenvalue weighted by Crippen LogP contribution is -2.66. The molecule has 66 heavy (non-hydrogen) atoms. The summed E-state index contributed by atoms with van der Waals surface area (Å²) < 4.78 is 66.8. The van der Waals surface area contributed by atoms with E-state index in [1.165, 1.54) is 7.11 Å². The summed E-state index contributed by atoms with van der Waals surface area (Å²) in [6.45, 7) is 1.83. The van der Waals surface area contributed by atoms with E-state index in [0.717, 1.165) is 33.4 Å². The number of benzene rings is 6. The lowest BCUT2D eigenvalue weighted by atomic mass is 9.96. The van der Waals surface area contributed by atoms with Gasteiger partial charge in [-0.2, -0.15) is 0 Å². The molecule has 2 aliphatic rings. The molecule has 0 radical (unpaired) electrons. The maximum Gasteiger partial charge on any atom is 0.187 e. The smallest absolute Gasteiger partial charge is 0.187 e. The molecule has 0 bridgehead atoms. The zero-order chi connectivity index (χ0) is 45.2. The number of aliphatic hydroxyl groups is 1. The summed E-state index contributed by atoms with van der Waals surface area (Å²) in [5.41, 5.74) is 5.84. The van der Waals surface area contributed by atoms with E-state index in [-0.39, 0.29) is 39.6 Å². The molecule has 2 heterocycles. The van der Waals surface area contributed by atoms with Crippen LogP contribution in [0.15, 0.2) is 182 Å². The van der Waals surface area contributed by atoms with Crippen LogP contribution in [0.25, 0.3) is 0 Å². The summed E-state index contributed by atoms with van der Waals surface area (Å²) in [7, 11) is 1.49. The van der Waals surface area contributed by atoms with E-state index < -0.39 is 61.4 Å². The van der Waals surface area contributed by atoms with Gasteiger partial charge < -0.3 is 52.5 Å². The Morgan fingerprint density at radius 1 is 0.364 bits per heavy atom. The molecule has 0 spiro atoms. The normalized spacial score (nSPS) is 25.4. The van der Waals surface area contributed by atoms with E-state index in [1.807, 2.05) is 182 Å². The Morgan fingerprint density at radius 3 is 1.08 bits per heavy atom. The minimum atomic E-state index is -1.25. The van der Waals surface area contributed by atoms with Crippen molar-refractivity contribution in [2.75, 3.05) is 20.3 Å². The largest absolute Gasteiger partial charge is 0.385 e. The molecule has 0 aromatic heterocycles. The number of aliphatic hydroxyl groups excluding tert-OH is 1. The number of ether oxygens (including phenoxy) is 10. The highest BCUT2D eigenvalue weighted by Gasteiger charge is 2.54. The van der Waals surface area contributed by atoms with Gasteiger partial charge in [0.1, 0.15) is 48.8 Å². The van der Waals surface area contributed by atoms with Crippen LogP contribution in [-0.2, 0) is 87.0 Å². The summed E-state index contributed by atoms with van der Waals surface area (Å²) in [6.07, 6.45) is -9.14. The summed E-state index contributed by atoms with van der Waals surface area (Å²) >= 11 is 0. The quantitative estimate of drug-likeness (QED) is 0.0668. The van der Waals surface area contributed by atoms with Crippen LogP contribution in [-0.4, -0.2) is 86.8 Å². The summed E-state index contributed by atoms with van der Waals surface area (Å²) in [5.74, 6) is 0. The SMILES string of the molecule is CO[C@@H]1O[C@H](COCc2ccccc2)[C@@H](O[C@@H]2O[C@H](COCc3ccccc3)[C@H](OCc3ccccc3)[C@H](OCc3ccccc3)[C@H]2OCc2ccccc2)[C@H](OCc2ccccc2)[C@H]1O. The van der Waals surface area contributed by atoms with Gasteiger partial charge in [0, 0.05) is 7.11 Å². The van der Waals surface area contributed by atoms with Gasteiger partial charge in [-0.25, -0.2) is 0 Å². The Hall–Kier alpha value is -5.12. The maximum atomic E-state index is 12.0. The fraction of sp³-hybridized carbons (Fsp3) is 0.345. The molecule has 10 atom stereocenters. The van der Waals surface area contributed by atoms with Gasteiger partial charge in [0.05, 0.1) is 52.9 Å². The van der Waals surface area contributed by atoms with Crippen LogP contribution < -0.4 is 0 Å². The minimum absolute atomic E-state index is 0.0833. The van der Waals surface area contributed by atoms with Crippen LogP contribution in [0.1, 0.15) is 33.4 Å². The first-order valence-electron chi connectivity index (χ1n) is 22.6. The predicted octanol–water partition coefficient (Wildman–Crippen LogP) is 8.60. The van der Waals surface area contributed by atoms with Crippen molar-refractivity contribution in [3.8, 4) is 0 Å². The van der Waals surface area contributed by atoms with Crippen molar-refractivity contribution in [3.05, 3.63) is 215 Å². The first kappa shape index (κ1) is 47.4. The van der Waals surface area contributed by atoms with E-state index in [2.05, 4.69) is 0 Å². The Morgan fingerprint density at radius 2 is 0.682 bits per heavy atom. The molecule has 0 unspecified atom stereocenters. The predicted molar refractivity (Wildman–Crippen MR) is 247 cm³/mol. The zero-order valence-electron chi connectivity index (χ0n) is 37.3. The summed E-state index contributed by atoms with van der Waals surface area (Å²) in [4.78, 5) is 0. The molecule has 6 aromatic rings. The van der Waals surface area contributed by atoms with Crippen molar-refractivity contribution >= 4 is 0 Å². The van der Waals surface area contributed by atoms with Crippen molar-refractivity contribution in [3.63, 3.8) is 0 Å². The van der Waals surface area contributed by atoms with E-state index in [0.29, 0.717) is 13.2 Å². The van der Waals surface area contributed by atoms with Gasteiger partial charge in [-0.1, -0.05) is 182 Å². The second kappa shape index (κ2) is 25.1. The highest BCUT2D eigenvalue weighted by molar-refractivity contribution is 5.18. The van der Waals surface area contributed by atoms with Crippen molar-refractivity contribution in [2.45, 2.75) is 101 Å². The van der Waals surface area contributed by atoms with Crippen LogP contribution in [0, 0.1) is 0 Å². The molecule has 2 aliphatic heterocycles. The third-order valence-corrected chi connectivity index (χ3v) is 11.7. The van der Waals surface area contributed by atoms with E-state index in [4.69, 9.17) is 47.4 Å². The monoisotopic (exact) mass is 896 g/mol. The van der Waals surface area contributed by atoms with Crippen molar-refractivity contribution in [1.29, 1.82) is 0 Å². The van der Waals surface area contributed by atoms with Gasteiger partial charge in [-0.15, -0.1) is 0 Å². The molecule has 8 rings (SSSR count). The average Bonchev–Trinajstić information content (AvgIpc) is 3.37. The van der Waals surface area contributed by atoms with Gasteiger partial charge in [0.25, 0.3) is 0 Å². The fourth-order valence-electron chi connectivity index (χ4n) is 8.22. The minimum Gasteiger partial charge on any atom is -0.385 e. The molecule has 1 N–H and O–H groups in total. The topological polar surface area (TPSA) is 113 Å².